The molecule has 5 rings (SSSR count). The van der Waals surface area contributed by atoms with E-state index in [1.165, 1.54) is 0 Å². The van der Waals surface area contributed by atoms with Crippen molar-refractivity contribution >= 4 is 0 Å². The standard InChI is InChI=1S/C23H20/c1-23(2,3)19-13-7-12-18-20(19)17-11-6-10-16-14-8-4-5-9-15(14)21(18)22(16)17/h4-13,21H,1-3H3/i4D,5D,6D,7D,8D,9D,10D,11D,12D,13D. The van der Waals surface area contributed by atoms with Crippen LogP contribution < -0.4 is 0 Å². The third kappa shape index (κ3) is 1.56. The van der Waals surface area contributed by atoms with E-state index in [9.17, 15) is 0 Å². The molecule has 0 heteroatoms. The molecule has 2 aliphatic rings. The van der Waals surface area contributed by atoms with Gasteiger partial charge in [-0.05, 0) is 49.9 Å². The summed E-state index contributed by atoms with van der Waals surface area (Å²) in [5.74, 6) is -0.853. The summed E-state index contributed by atoms with van der Waals surface area (Å²) in [4.78, 5) is 0. The smallest absolute Gasteiger partial charge is 0.0619 e. The molecule has 0 N–H and O–H groups in total. The van der Waals surface area contributed by atoms with E-state index in [0.29, 0.717) is 27.8 Å². The van der Waals surface area contributed by atoms with E-state index < -0.39 is 23.4 Å². The molecule has 2 aliphatic carbocycles. The van der Waals surface area contributed by atoms with Crippen LogP contribution >= 0.6 is 0 Å². The predicted octanol–water partition coefficient (Wildman–Crippen LogP) is 6.13. The van der Waals surface area contributed by atoms with Crippen LogP contribution in [-0.2, 0) is 5.41 Å². The fourth-order valence-electron chi connectivity index (χ4n) is 3.73. The van der Waals surface area contributed by atoms with Crippen molar-refractivity contribution < 1.29 is 13.7 Å². The zero-order chi connectivity index (χ0) is 24.5. The van der Waals surface area contributed by atoms with Crippen molar-refractivity contribution in [2.45, 2.75) is 32.1 Å². The minimum absolute atomic E-state index is 0.129. The third-order valence-electron chi connectivity index (χ3n) is 4.65. The summed E-state index contributed by atoms with van der Waals surface area (Å²) >= 11 is 0. The van der Waals surface area contributed by atoms with E-state index in [2.05, 4.69) is 0 Å². The van der Waals surface area contributed by atoms with Gasteiger partial charge in [0.2, 0.25) is 0 Å². The highest BCUT2D eigenvalue weighted by Crippen LogP contribution is 2.59. The van der Waals surface area contributed by atoms with Crippen LogP contribution in [0.2, 0.25) is 0 Å². The lowest BCUT2D eigenvalue weighted by atomic mass is 9.80. The Morgan fingerprint density at radius 2 is 1.39 bits per heavy atom. The van der Waals surface area contributed by atoms with E-state index >= 15 is 0 Å². The largest absolute Gasteiger partial charge is 0.0629 e. The lowest BCUT2D eigenvalue weighted by Gasteiger charge is -2.24. The highest BCUT2D eigenvalue weighted by molar-refractivity contribution is 5.95. The minimum atomic E-state index is -0.853. The lowest BCUT2D eigenvalue weighted by Crippen LogP contribution is -2.13. The van der Waals surface area contributed by atoms with Gasteiger partial charge in [0.1, 0.15) is 0 Å². The molecule has 0 nitrogen and oxygen atoms in total. The predicted molar refractivity (Wildman–Crippen MR) is 97.0 cm³/mol. The van der Waals surface area contributed by atoms with Crippen molar-refractivity contribution in [3.63, 3.8) is 0 Å². The second-order valence-electron chi connectivity index (χ2n) is 7.05. The first kappa shape index (κ1) is 6.65. The maximum absolute atomic E-state index is 8.74. The first-order valence-corrected chi connectivity index (χ1v) is 7.62. The Kier molecular flexibility index (Phi) is 1.20. The van der Waals surface area contributed by atoms with E-state index in [1.807, 2.05) is 20.8 Å². The molecule has 23 heavy (non-hydrogen) atoms. The summed E-state index contributed by atoms with van der Waals surface area (Å²) < 4.78 is 85.0. The van der Waals surface area contributed by atoms with Crippen LogP contribution in [-0.4, -0.2) is 0 Å². The van der Waals surface area contributed by atoms with Gasteiger partial charge in [-0.1, -0.05) is 81.2 Å². The third-order valence-corrected chi connectivity index (χ3v) is 4.65. The molecule has 0 fully saturated rings. The van der Waals surface area contributed by atoms with Crippen LogP contribution in [0.25, 0.3) is 22.3 Å². The molecular weight excluding hydrogens is 276 g/mol. The van der Waals surface area contributed by atoms with Crippen molar-refractivity contribution in [2.24, 2.45) is 0 Å². The molecule has 1 atom stereocenters. The van der Waals surface area contributed by atoms with Gasteiger partial charge in [0.15, 0.2) is 0 Å². The van der Waals surface area contributed by atoms with Crippen molar-refractivity contribution in [1.82, 2.24) is 0 Å². The highest BCUT2D eigenvalue weighted by Gasteiger charge is 2.40. The van der Waals surface area contributed by atoms with Crippen molar-refractivity contribution in [3.8, 4) is 22.3 Å². The number of benzene rings is 3. The normalized spacial score (nSPS) is 23.0. The van der Waals surface area contributed by atoms with Gasteiger partial charge in [0.25, 0.3) is 0 Å². The average Bonchev–Trinajstić information content (AvgIpc) is 3.24. The molecule has 3 aromatic carbocycles. The lowest BCUT2D eigenvalue weighted by molar-refractivity contribution is 0.591. The van der Waals surface area contributed by atoms with Crippen molar-refractivity contribution in [3.05, 3.63) is 82.7 Å². The van der Waals surface area contributed by atoms with Crippen LogP contribution in [0.3, 0.4) is 0 Å². The second-order valence-corrected chi connectivity index (χ2v) is 7.05. The van der Waals surface area contributed by atoms with Gasteiger partial charge in [0.05, 0.1) is 13.7 Å². The molecule has 1 unspecified atom stereocenters. The Bertz CT molecular complexity index is 1450. The van der Waals surface area contributed by atoms with Crippen molar-refractivity contribution in [2.75, 3.05) is 0 Å². The van der Waals surface area contributed by atoms with E-state index in [0.717, 1.165) is 0 Å². The first-order valence-electron chi connectivity index (χ1n) is 12.6. The Morgan fingerprint density at radius 1 is 0.739 bits per heavy atom. The summed E-state index contributed by atoms with van der Waals surface area (Å²) in [6.07, 6.45) is 0. The molecule has 0 heterocycles. The molecule has 0 amide bonds. The minimum Gasteiger partial charge on any atom is -0.0619 e. The van der Waals surface area contributed by atoms with Crippen LogP contribution in [0.15, 0.2) is 60.4 Å². The molecule has 112 valence electrons. The summed E-state index contributed by atoms with van der Waals surface area (Å²) in [7, 11) is 0. The van der Waals surface area contributed by atoms with Gasteiger partial charge in [0, 0.05) is 5.92 Å². The van der Waals surface area contributed by atoms with Crippen LogP contribution in [0, 0.1) is 0 Å². The summed E-state index contributed by atoms with van der Waals surface area (Å²) in [6.45, 7) is 5.61. The van der Waals surface area contributed by atoms with E-state index in [1.54, 1.807) is 0 Å². The monoisotopic (exact) mass is 306 g/mol. The quantitative estimate of drug-likeness (QED) is 0.323. The summed E-state index contributed by atoms with van der Waals surface area (Å²) in [5, 5.41) is 0. The molecule has 3 aromatic rings. The average molecular weight is 306 g/mol. The second kappa shape index (κ2) is 4.14. The molecular formula is C23H20. The maximum atomic E-state index is 8.74. The number of rotatable bonds is 0. The maximum Gasteiger partial charge on any atom is 0.0629 e. The van der Waals surface area contributed by atoms with Crippen molar-refractivity contribution in [1.29, 1.82) is 0 Å². The first-order chi connectivity index (χ1) is 15.2. The van der Waals surface area contributed by atoms with E-state index in [-0.39, 0.29) is 65.0 Å². The Hall–Kier alpha value is -2.34. The number of hydrogen-bond acceptors (Lipinski definition) is 0. The van der Waals surface area contributed by atoms with Gasteiger partial charge in [-0.25, -0.2) is 0 Å². The fourth-order valence-corrected chi connectivity index (χ4v) is 3.73. The highest BCUT2D eigenvalue weighted by atomic mass is 14.4. The van der Waals surface area contributed by atoms with Gasteiger partial charge in [-0.2, -0.15) is 0 Å². The Labute approximate surface area is 151 Å². The van der Waals surface area contributed by atoms with E-state index in [4.69, 9.17) is 13.7 Å². The van der Waals surface area contributed by atoms with Gasteiger partial charge in [-0.15, -0.1) is 0 Å². The molecule has 0 aromatic heterocycles. The molecule has 0 bridgehead atoms. The van der Waals surface area contributed by atoms with Crippen LogP contribution in [0.1, 0.15) is 62.7 Å². The zero-order valence-electron chi connectivity index (χ0n) is 23.1. The van der Waals surface area contributed by atoms with Gasteiger partial charge >= 0.3 is 0 Å². The Morgan fingerprint density at radius 3 is 2.22 bits per heavy atom. The van der Waals surface area contributed by atoms with Crippen LogP contribution in [0.4, 0.5) is 0 Å². The molecule has 0 aliphatic heterocycles. The fraction of sp³-hybridized carbons (Fsp3) is 0.217. The summed E-state index contributed by atoms with van der Waals surface area (Å²) in [5.41, 5.74) is 1.81. The van der Waals surface area contributed by atoms with Gasteiger partial charge < -0.3 is 0 Å². The SMILES string of the molecule is [2H]c1c([2H])c([2H])c2c(c1[2H])-c1c([2H])c([2H])c([2H])c3c1C2c1c([2H])c([2H])c([2H])c(C(C)(C)C)c1-3. The summed E-state index contributed by atoms with van der Waals surface area (Å²) in [6, 6.07) is -3.02. The number of hydrogen-bond donors (Lipinski definition) is 0. The topological polar surface area (TPSA) is 0 Å². The Balaban J connectivity index is 2.12. The molecule has 0 saturated heterocycles. The molecule has 0 saturated carbocycles. The van der Waals surface area contributed by atoms with Crippen LogP contribution in [0.5, 0.6) is 0 Å². The number of fused-ring (bicyclic) bond motifs is 6. The van der Waals surface area contributed by atoms with Gasteiger partial charge in [-0.3, -0.25) is 0 Å². The molecule has 0 radical (unpaired) electrons. The zero-order valence-corrected chi connectivity index (χ0v) is 13.1. The molecule has 0 spiro atoms.